The van der Waals surface area contributed by atoms with Gasteiger partial charge in [0, 0.05) is 6.42 Å². The first-order valence-corrected chi connectivity index (χ1v) is 11.4. The van der Waals surface area contributed by atoms with Crippen molar-refractivity contribution in [2.75, 3.05) is 6.61 Å². The summed E-state index contributed by atoms with van der Waals surface area (Å²) >= 11 is 0. The van der Waals surface area contributed by atoms with Gasteiger partial charge in [-0.1, -0.05) is 34.1 Å². The van der Waals surface area contributed by atoms with Gasteiger partial charge >= 0.3 is 5.97 Å². The van der Waals surface area contributed by atoms with E-state index in [1.54, 1.807) is 6.92 Å². The van der Waals surface area contributed by atoms with Crippen molar-refractivity contribution in [3.05, 3.63) is 0 Å². The van der Waals surface area contributed by atoms with Crippen molar-refractivity contribution in [2.24, 2.45) is 33.5 Å². The maximum absolute atomic E-state index is 12.3. The van der Waals surface area contributed by atoms with Gasteiger partial charge in [-0.25, -0.2) is 0 Å². The third-order valence-electron chi connectivity index (χ3n) is 8.22. The first-order chi connectivity index (χ1) is 12.7. The average Bonchev–Trinajstić information content (AvgIpc) is 2.54. The van der Waals surface area contributed by atoms with Gasteiger partial charge < -0.3 is 9.53 Å². The van der Waals surface area contributed by atoms with Crippen LogP contribution in [0.5, 0.6) is 0 Å². The molecule has 2 aliphatic rings. The zero-order valence-corrected chi connectivity index (χ0v) is 19.7. The highest BCUT2D eigenvalue weighted by Crippen LogP contribution is 2.65. The number of ketones is 1. The van der Waals surface area contributed by atoms with Gasteiger partial charge in [-0.05, 0) is 94.3 Å². The summed E-state index contributed by atoms with van der Waals surface area (Å²) in [5, 5.41) is 0. The third kappa shape index (κ3) is 4.82. The Labute approximate surface area is 173 Å². The Morgan fingerprint density at radius 2 is 1.68 bits per heavy atom. The van der Waals surface area contributed by atoms with Crippen LogP contribution in [0.15, 0.2) is 0 Å². The molecule has 0 aromatic rings. The lowest BCUT2D eigenvalue weighted by Gasteiger charge is -2.63. The highest BCUT2D eigenvalue weighted by Gasteiger charge is 2.57. The van der Waals surface area contributed by atoms with Gasteiger partial charge in [0.2, 0.25) is 0 Å². The van der Waals surface area contributed by atoms with Crippen LogP contribution < -0.4 is 0 Å². The Morgan fingerprint density at radius 1 is 1.04 bits per heavy atom. The second-order valence-electron chi connectivity index (χ2n) is 12.0. The lowest BCUT2D eigenvalue weighted by molar-refractivity contribution is -0.160. The SMILES string of the molecule is CC(=O)CC[C@]1(C)CC[C@H]2C(C)(C)CCC[C@]2(C)[C@H]1CCOC(=O)C(C)(C)C. The fourth-order valence-electron chi connectivity index (χ4n) is 6.67. The summed E-state index contributed by atoms with van der Waals surface area (Å²) in [5.74, 6) is 1.38. The van der Waals surface area contributed by atoms with Crippen LogP contribution >= 0.6 is 0 Å². The summed E-state index contributed by atoms with van der Waals surface area (Å²) in [4.78, 5) is 24.0. The van der Waals surface area contributed by atoms with Crippen molar-refractivity contribution in [3.63, 3.8) is 0 Å². The normalized spacial score (nSPS) is 35.1. The fourth-order valence-corrected chi connectivity index (χ4v) is 6.67. The van der Waals surface area contributed by atoms with E-state index < -0.39 is 5.41 Å². The third-order valence-corrected chi connectivity index (χ3v) is 8.22. The van der Waals surface area contributed by atoms with Crippen LogP contribution in [-0.2, 0) is 14.3 Å². The van der Waals surface area contributed by atoms with Gasteiger partial charge in [0.25, 0.3) is 0 Å². The van der Waals surface area contributed by atoms with E-state index in [9.17, 15) is 9.59 Å². The smallest absolute Gasteiger partial charge is 0.311 e. The quantitative estimate of drug-likeness (QED) is 0.479. The van der Waals surface area contributed by atoms with E-state index in [4.69, 9.17) is 4.74 Å². The summed E-state index contributed by atoms with van der Waals surface area (Å²) in [7, 11) is 0. The summed E-state index contributed by atoms with van der Waals surface area (Å²) in [5.41, 5.74) is 0.331. The molecule has 0 spiro atoms. The second kappa shape index (κ2) is 8.11. The molecule has 2 fully saturated rings. The molecule has 28 heavy (non-hydrogen) atoms. The van der Waals surface area contributed by atoms with Crippen molar-refractivity contribution in [1.82, 2.24) is 0 Å². The van der Waals surface area contributed by atoms with Gasteiger partial charge in [0.1, 0.15) is 5.78 Å². The number of esters is 1. The van der Waals surface area contributed by atoms with Gasteiger partial charge in [-0.2, -0.15) is 0 Å². The zero-order valence-electron chi connectivity index (χ0n) is 19.7. The number of fused-ring (bicyclic) bond motifs is 1. The molecule has 3 nitrogen and oxygen atoms in total. The Kier molecular flexibility index (Phi) is 6.78. The number of hydrogen-bond donors (Lipinski definition) is 0. The molecule has 0 amide bonds. The molecule has 0 heterocycles. The van der Waals surface area contributed by atoms with Crippen molar-refractivity contribution in [2.45, 2.75) is 107 Å². The first-order valence-electron chi connectivity index (χ1n) is 11.4. The molecule has 2 saturated carbocycles. The van der Waals surface area contributed by atoms with E-state index in [0.717, 1.165) is 12.8 Å². The average molecular weight is 393 g/mol. The second-order valence-corrected chi connectivity index (χ2v) is 12.0. The Bertz CT molecular complexity index is 585. The summed E-state index contributed by atoms with van der Waals surface area (Å²) < 4.78 is 5.70. The molecular formula is C25H44O3. The molecule has 0 saturated heterocycles. The number of carbonyl (C=O) groups excluding carboxylic acids is 2. The van der Waals surface area contributed by atoms with E-state index in [0.29, 0.717) is 30.3 Å². The van der Waals surface area contributed by atoms with Crippen LogP contribution in [0, 0.1) is 33.5 Å². The van der Waals surface area contributed by atoms with Crippen LogP contribution in [0.25, 0.3) is 0 Å². The standard InChI is InChI=1S/C25H44O3/c1-18(26)10-15-24(7)16-11-19-23(5,6)13-9-14-25(19,8)20(24)12-17-28-21(27)22(2,3)4/h19-20H,9-17H2,1-8H3/t19-,20-,24+,25-/m0/s1. The molecule has 0 radical (unpaired) electrons. The van der Waals surface area contributed by atoms with Gasteiger partial charge in [0.05, 0.1) is 12.0 Å². The molecule has 0 unspecified atom stereocenters. The van der Waals surface area contributed by atoms with Crippen molar-refractivity contribution in [1.29, 1.82) is 0 Å². The molecule has 0 aromatic heterocycles. The van der Waals surface area contributed by atoms with Crippen LogP contribution in [-0.4, -0.2) is 18.4 Å². The topological polar surface area (TPSA) is 43.4 Å². The minimum atomic E-state index is -0.455. The molecule has 0 bridgehead atoms. The molecule has 3 heteroatoms. The number of Topliss-reactive ketones (excluding diaryl/α,β-unsaturated/α-hetero) is 1. The predicted octanol–water partition coefficient (Wildman–Crippen LogP) is 6.58. The summed E-state index contributed by atoms with van der Waals surface area (Å²) in [6.45, 7) is 17.7. The van der Waals surface area contributed by atoms with E-state index in [2.05, 4.69) is 27.7 Å². The van der Waals surface area contributed by atoms with Crippen molar-refractivity contribution in [3.8, 4) is 0 Å². The molecule has 0 aromatic carbocycles. The minimum Gasteiger partial charge on any atom is -0.465 e. The summed E-state index contributed by atoms with van der Waals surface area (Å²) in [6.07, 6.45) is 8.83. The van der Waals surface area contributed by atoms with Gasteiger partial charge in [-0.3, -0.25) is 4.79 Å². The molecule has 2 rings (SSSR count). The zero-order chi connectivity index (χ0) is 21.4. The highest BCUT2D eigenvalue weighted by molar-refractivity contribution is 5.75. The van der Waals surface area contributed by atoms with E-state index in [1.807, 2.05) is 20.8 Å². The lowest BCUT2D eigenvalue weighted by Crippen LogP contribution is -2.55. The van der Waals surface area contributed by atoms with E-state index in [1.165, 1.54) is 32.1 Å². The number of carbonyl (C=O) groups is 2. The Hall–Kier alpha value is -0.860. The predicted molar refractivity (Wildman–Crippen MR) is 115 cm³/mol. The molecule has 162 valence electrons. The molecule has 2 aliphatic carbocycles. The Balaban J connectivity index is 2.25. The van der Waals surface area contributed by atoms with Crippen LogP contribution in [0.4, 0.5) is 0 Å². The van der Waals surface area contributed by atoms with Crippen molar-refractivity contribution < 1.29 is 14.3 Å². The van der Waals surface area contributed by atoms with Crippen molar-refractivity contribution >= 4 is 11.8 Å². The monoisotopic (exact) mass is 392 g/mol. The number of hydrogen-bond acceptors (Lipinski definition) is 3. The summed E-state index contributed by atoms with van der Waals surface area (Å²) in [6, 6.07) is 0. The lowest BCUT2D eigenvalue weighted by atomic mass is 9.42. The van der Waals surface area contributed by atoms with Crippen LogP contribution in [0.1, 0.15) is 107 Å². The number of rotatable bonds is 6. The molecule has 0 N–H and O–H groups in total. The first kappa shape index (κ1) is 23.4. The Morgan fingerprint density at radius 3 is 2.25 bits per heavy atom. The molecule has 0 aliphatic heterocycles. The fraction of sp³-hybridized carbons (Fsp3) is 0.920. The number of ether oxygens (including phenoxy) is 1. The molecule has 4 atom stereocenters. The van der Waals surface area contributed by atoms with E-state index >= 15 is 0 Å². The highest BCUT2D eigenvalue weighted by atomic mass is 16.5. The maximum atomic E-state index is 12.3. The van der Waals surface area contributed by atoms with Gasteiger partial charge in [-0.15, -0.1) is 0 Å². The van der Waals surface area contributed by atoms with Gasteiger partial charge in [0.15, 0.2) is 0 Å². The maximum Gasteiger partial charge on any atom is 0.311 e. The van der Waals surface area contributed by atoms with Crippen LogP contribution in [0.3, 0.4) is 0 Å². The van der Waals surface area contributed by atoms with E-state index in [-0.39, 0.29) is 22.6 Å². The largest absolute Gasteiger partial charge is 0.465 e. The van der Waals surface area contributed by atoms with Crippen LogP contribution in [0.2, 0.25) is 0 Å². The minimum absolute atomic E-state index is 0.112. The molecular weight excluding hydrogens is 348 g/mol.